The molecule has 0 bridgehead atoms. The zero-order chi connectivity index (χ0) is 13.0. The van der Waals surface area contributed by atoms with E-state index in [4.69, 9.17) is 5.73 Å². The highest BCUT2D eigenvalue weighted by atomic mass is 16.3. The third-order valence-corrected chi connectivity index (χ3v) is 2.47. The molecule has 1 aromatic heterocycles. The third-order valence-electron chi connectivity index (χ3n) is 2.47. The van der Waals surface area contributed by atoms with Crippen LogP contribution in [-0.4, -0.2) is 16.0 Å². The smallest absolute Gasteiger partial charge is 0.259 e. The number of carbonyl (C=O) groups excluding carboxylic acids is 1. The van der Waals surface area contributed by atoms with E-state index in [1.165, 1.54) is 18.5 Å². The minimum atomic E-state index is -0.385. The standard InChI is InChI=1S/C13H13N3O2/c14-7-9-2-1-3-10(6-9)16-13(18)11-4-5-15-8-12(11)17/h1-6,8,17H,7,14H2,(H,16,18). The molecule has 2 aromatic rings. The van der Waals surface area contributed by atoms with Gasteiger partial charge in [-0.25, -0.2) is 0 Å². The van der Waals surface area contributed by atoms with Crippen LogP contribution in [0.5, 0.6) is 5.75 Å². The van der Waals surface area contributed by atoms with Crippen molar-refractivity contribution in [3.05, 3.63) is 53.9 Å². The Morgan fingerprint density at radius 1 is 1.39 bits per heavy atom. The molecule has 0 unspecified atom stereocenters. The lowest BCUT2D eigenvalue weighted by Crippen LogP contribution is -2.12. The molecule has 0 atom stereocenters. The lowest BCUT2D eigenvalue weighted by atomic mass is 10.2. The van der Waals surface area contributed by atoms with Gasteiger partial charge >= 0.3 is 0 Å². The maximum absolute atomic E-state index is 11.9. The number of aromatic nitrogens is 1. The first-order chi connectivity index (χ1) is 8.70. The number of anilines is 1. The summed E-state index contributed by atoms with van der Waals surface area (Å²) in [4.78, 5) is 15.6. The molecule has 4 N–H and O–H groups in total. The summed E-state index contributed by atoms with van der Waals surface area (Å²) in [5.74, 6) is -0.533. The molecule has 5 nitrogen and oxygen atoms in total. The number of carbonyl (C=O) groups is 1. The summed E-state index contributed by atoms with van der Waals surface area (Å²) in [6, 6.07) is 8.69. The van der Waals surface area contributed by atoms with Gasteiger partial charge in [-0.2, -0.15) is 0 Å². The van der Waals surface area contributed by atoms with Gasteiger partial charge in [0.2, 0.25) is 0 Å². The van der Waals surface area contributed by atoms with Gasteiger partial charge in [-0.1, -0.05) is 12.1 Å². The van der Waals surface area contributed by atoms with Gasteiger partial charge in [0.1, 0.15) is 5.75 Å². The second-order valence-electron chi connectivity index (χ2n) is 3.75. The van der Waals surface area contributed by atoms with Gasteiger partial charge in [0, 0.05) is 18.4 Å². The Balaban J connectivity index is 2.19. The number of hydrogen-bond donors (Lipinski definition) is 3. The molecular formula is C13H13N3O2. The Morgan fingerprint density at radius 3 is 2.94 bits per heavy atom. The van der Waals surface area contributed by atoms with Crippen LogP contribution in [-0.2, 0) is 6.54 Å². The van der Waals surface area contributed by atoms with Gasteiger partial charge in [-0.15, -0.1) is 0 Å². The molecule has 0 saturated heterocycles. The summed E-state index contributed by atoms with van der Waals surface area (Å²) in [5.41, 5.74) is 7.27. The number of pyridine rings is 1. The Morgan fingerprint density at radius 2 is 2.22 bits per heavy atom. The zero-order valence-electron chi connectivity index (χ0n) is 9.63. The van der Waals surface area contributed by atoms with E-state index >= 15 is 0 Å². The van der Waals surface area contributed by atoms with E-state index in [9.17, 15) is 9.90 Å². The second-order valence-corrected chi connectivity index (χ2v) is 3.75. The number of nitrogens with two attached hydrogens (primary N) is 1. The van der Waals surface area contributed by atoms with Gasteiger partial charge in [0.15, 0.2) is 0 Å². The maximum Gasteiger partial charge on any atom is 0.259 e. The van der Waals surface area contributed by atoms with Gasteiger partial charge in [-0.05, 0) is 23.8 Å². The van der Waals surface area contributed by atoms with Crippen molar-refractivity contribution in [2.45, 2.75) is 6.54 Å². The minimum Gasteiger partial charge on any atom is -0.505 e. The van der Waals surface area contributed by atoms with Crippen molar-refractivity contribution in [1.29, 1.82) is 0 Å². The number of nitrogens with one attached hydrogen (secondary N) is 1. The van der Waals surface area contributed by atoms with E-state index in [0.717, 1.165) is 5.56 Å². The van der Waals surface area contributed by atoms with Gasteiger partial charge < -0.3 is 16.2 Å². The van der Waals surface area contributed by atoms with Crippen molar-refractivity contribution in [1.82, 2.24) is 4.98 Å². The van der Waals surface area contributed by atoms with E-state index < -0.39 is 0 Å². The first-order valence-electron chi connectivity index (χ1n) is 5.44. The molecule has 0 radical (unpaired) electrons. The van der Waals surface area contributed by atoms with E-state index in [2.05, 4.69) is 10.3 Å². The molecule has 0 fully saturated rings. The van der Waals surface area contributed by atoms with Crippen LogP contribution in [0.1, 0.15) is 15.9 Å². The number of amides is 1. The molecule has 5 heteroatoms. The Bertz CT molecular complexity index is 570. The highest BCUT2D eigenvalue weighted by molar-refractivity contribution is 6.05. The predicted molar refractivity (Wildman–Crippen MR) is 68.2 cm³/mol. The molecule has 18 heavy (non-hydrogen) atoms. The van der Waals surface area contributed by atoms with Crippen molar-refractivity contribution < 1.29 is 9.90 Å². The van der Waals surface area contributed by atoms with E-state index in [0.29, 0.717) is 12.2 Å². The predicted octanol–water partition coefficient (Wildman–Crippen LogP) is 1.50. The molecule has 0 aliphatic heterocycles. The van der Waals surface area contributed by atoms with Crippen LogP contribution >= 0.6 is 0 Å². The monoisotopic (exact) mass is 243 g/mol. The van der Waals surface area contributed by atoms with Gasteiger partial charge in [-0.3, -0.25) is 9.78 Å². The van der Waals surface area contributed by atoms with Crippen LogP contribution in [0.2, 0.25) is 0 Å². The highest BCUT2D eigenvalue weighted by Crippen LogP contribution is 2.17. The first-order valence-corrected chi connectivity index (χ1v) is 5.44. The van der Waals surface area contributed by atoms with Crippen molar-refractivity contribution in [3.8, 4) is 5.75 Å². The summed E-state index contributed by atoms with van der Waals surface area (Å²) in [6.07, 6.45) is 2.68. The van der Waals surface area contributed by atoms with Gasteiger partial charge in [0.25, 0.3) is 5.91 Å². The molecule has 1 aromatic carbocycles. The normalized spacial score (nSPS) is 10.1. The van der Waals surface area contributed by atoms with Crippen molar-refractivity contribution >= 4 is 11.6 Å². The average Bonchev–Trinajstić information content (AvgIpc) is 2.39. The number of rotatable bonds is 3. The molecule has 0 saturated carbocycles. The summed E-state index contributed by atoms with van der Waals surface area (Å²) in [5, 5.41) is 12.2. The van der Waals surface area contributed by atoms with Crippen molar-refractivity contribution in [2.24, 2.45) is 5.73 Å². The van der Waals surface area contributed by atoms with Crippen molar-refractivity contribution in [2.75, 3.05) is 5.32 Å². The topological polar surface area (TPSA) is 88.2 Å². The largest absolute Gasteiger partial charge is 0.505 e. The average molecular weight is 243 g/mol. The van der Waals surface area contributed by atoms with Crippen molar-refractivity contribution in [3.63, 3.8) is 0 Å². The van der Waals surface area contributed by atoms with Gasteiger partial charge in [0.05, 0.1) is 11.8 Å². The van der Waals surface area contributed by atoms with Crippen LogP contribution in [0.4, 0.5) is 5.69 Å². The Labute approximate surface area is 104 Å². The summed E-state index contributed by atoms with van der Waals surface area (Å²) < 4.78 is 0. The summed E-state index contributed by atoms with van der Waals surface area (Å²) in [6.45, 7) is 0.407. The zero-order valence-corrected chi connectivity index (χ0v) is 9.63. The summed E-state index contributed by atoms with van der Waals surface area (Å²) in [7, 11) is 0. The molecular weight excluding hydrogens is 230 g/mol. The van der Waals surface area contributed by atoms with Crippen LogP contribution in [0.15, 0.2) is 42.7 Å². The molecule has 92 valence electrons. The number of benzene rings is 1. The molecule has 1 amide bonds. The number of aromatic hydroxyl groups is 1. The summed E-state index contributed by atoms with van der Waals surface area (Å²) >= 11 is 0. The van der Waals surface area contributed by atoms with Crippen LogP contribution in [0, 0.1) is 0 Å². The SMILES string of the molecule is NCc1cccc(NC(=O)c2ccncc2O)c1. The lowest BCUT2D eigenvalue weighted by molar-refractivity contribution is 0.102. The first kappa shape index (κ1) is 12.1. The maximum atomic E-state index is 11.9. The fourth-order valence-corrected chi connectivity index (χ4v) is 1.55. The fourth-order valence-electron chi connectivity index (χ4n) is 1.55. The third kappa shape index (κ3) is 2.64. The highest BCUT2D eigenvalue weighted by Gasteiger charge is 2.10. The second kappa shape index (κ2) is 5.29. The lowest BCUT2D eigenvalue weighted by Gasteiger charge is -2.07. The minimum absolute atomic E-state index is 0.148. The fraction of sp³-hybridized carbons (Fsp3) is 0.0769. The number of nitrogens with zero attached hydrogens (tertiary/aromatic N) is 1. The Hall–Kier alpha value is -2.40. The quantitative estimate of drug-likeness (QED) is 0.762. The molecule has 0 aliphatic carbocycles. The van der Waals surface area contributed by atoms with Crippen LogP contribution in [0.25, 0.3) is 0 Å². The van der Waals surface area contributed by atoms with Crippen LogP contribution in [0.3, 0.4) is 0 Å². The van der Waals surface area contributed by atoms with Crippen LogP contribution < -0.4 is 11.1 Å². The molecule has 0 spiro atoms. The molecule has 1 heterocycles. The van der Waals surface area contributed by atoms with E-state index in [1.807, 2.05) is 12.1 Å². The Kier molecular flexibility index (Phi) is 3.54. The van der Waals surface area contributed by atoms with E-state index in [1.54, 1.807) is 12.1 Å². The number of hydrogen-bond acceptors (Lipinski definition) is 4. The van der Waals surface area contributed by atoms with E-state index in [-0.39, 0.29) is 17.2 Å². The molecule has 0 aliphatic rings. The molecule has 2 rings (SSSR count).